The molecule has 2 N–H and O–H groups in total. The van der Waals surface area contributed by atoms with Gasteiger partial charge in [0.2, 0.25) is 0 Å². The molecule has 18 heavy (non-hydrogen) atoms. The number of nitrogens with one attached hydrogen (secondary N) is 2. The molecule has 1 aliphatic heterocycles. The quantitative estimate of drug-likeness (QED) is 0.807. The van der Waals surface area contributed by atoms with Gasteiger partial charge in [-0.1, -0.05) is 0 Å². The van der Waals surface area contributed by atoms with E-state index >= 15 is 0 Å². The Morgan fingerprint density at radius 1 is 1.44 bits per heavy atom. The van der Waals surface area contributed by atoms with Crippen LogP contribution < -0.4 is 10.6 Å². The van der Waals surface area contributed by atoms with Crippen LogP contribution in [0.2, 0.25) is 0 Å². The average Bonchev–Trinajstić information content (AvgIpc) is 2.47. The molecule has 1 aliphatic rings. The molecule has 0 atom stereocenters. The molecule has 0 aromatic carbocycles. The zero-order valence-electron chi connectivity index (χ0n) is 10.4. The molecular weight excluding hydrogens is 230 g/mol. The van der Waals surface area contributed by atoms with Gasteiger partial charge in [0.05, 0.1) is 18.0 Å². The van der Waals surface area contributed by atoms with Crippen molar-refractivity contribution in [1.29, 1.82) is 5.26 Å². The molecule has 0 radical (unpaired) electrons. The molecule has 0 spiro atoms. The number of nitrogens with zero attached hydrogens (tertiary/aromatic N) is 3. The van der Waals surface area contributed by atoms with Crippen LogP contribution in [0.4, 0.5) is 5.82 Å². The van der Waals surface area contributed by atoms with Gasteiger partial charge in [-0.3, -0.25) is 0 Å². The minimum absolute atomic E-state index is 0.138. The fourth-order valence-electron chi connectivity index (χ4n) is 2.06. The van der Waals surface area contributed by atoms with Crippen molar-refractivity contribution in [3.8, 4) is 6.07 Å². The van der Waals surface area contributed by atoms with Crippen molar-refractivity contribution in [2.45, 2.75) is 18.4 Å². The summed E-state index contributed by atoms with van der Waals surface area (Å²) in [7, 11) is 1.75. The lowest BCUT2D eigenvalue weighted by atomic mass is 9.92. The Labute approximate surface area is 106 Å². The van der Waals surface area contributed by atoms with Crippen molar-refractivity contribution < 1.29 is 4.74 Å². The van der Waals surface area contributed by atoms with Crippen molar-refractivity contribution in [1.82, 2.24) is 15.3 Å². The second-order valence-corrected chi connectivity index (χ2v) is 4.39. The van der Waals surface area contributed by atoms with Crippen LogP contribution in [0, 0.1) is 11.3 Å². The zero-order valence-corrected chi connectivity index (χ0v) is 10.4. The monoisotopic (exact) mass is 247 g/mol. The molecule has 2 rings (SSSR count). The molecule has 0 bridgehead atoms. The minimum atomic E-state index is -0.138. The molecule has 0 unspecified atom stereocenters. The highest BCUT2D eigenvalue weighted by Gasteiger charge is 2.31. The topological polar surface area (TPSA) is 82.9 Å². The van der Waals surface area contributed by atoms with E-state index in [-0.39, 0.29) is 5.60 Å². The Balaban J connectivity index is 1.94. The van der Waals surface area contributed by atoms with E-state index in [0.29, 0.717) is 18.1 Å². The summed E-state index contributed by atoms with van der Waals surface area (Å²) in [5.74, 6) is 0.670. The van der Waals surface area contributed by atoms with Crippen LogP contribution in [0.3, 0.4) is 0 Å². The molecule has 0 aliphatic carbocycles. The molecule has 1 fully saturated rings. The maximum atomic E-state index is 8.64. The number of hydrogen-bond donors (Lipinski definition) is 2. The molecular formula is C12H17N5O. The Bertz CT molecular complexity index is 419. The van der Waals surface area contributed by atoms with Crippen LogP contribution >= 0.6 is 0 Å². The predicted octanol–water partition coefficient (Wildman–Crippen LogP) is 0.529. The summed E-state index contributed by atoms with van der Waals surface area (Å²) in [5.41, 5.74) is 0.185. The van der Waals surface area contributed by atoms with E-state index in [1.807, 2.05) is 6.07 Å². The fourth-order valence-corrected chi connectivity index (χ4v) is 2.06. The van der Waals surface area contributed by atoms with Gasteiger partial charge in [0, 0.05) is 13.7 Å². The van der Waals surface area contributed by atoms with Crippen molar-refractivity contribution >= 4 is 5.82 Å². The first-order valence-corrected chi connectivity index (χ1v) is 6.00. The van der Waals surface area contributed by atoms with E-state index in [1.165, 1.54) is 6.20 Å². The van der Waals surface area contributed by atoms with Gasteiger partial charge < -0.3 is 15.4 Å². The third kappa shape index (κ3) is 2.94. The Morgan fingerprint density at radius 2 is 2.22 bits per heavy atom. The summed E-state index contributed by atoms with van der Waals surface area (Å²) >= 11 is 0. The van der Waals surface area contributed by atoms with Gasteiger partial charge in [0.25, 0.3) is 0 Å². The van der Waals surface area contributed by atoms with Gasteiger partial charge in [-0.25, -0.2) is 9.97 Å². The summed E-state index contributed by atoms with van der Waals surface area (Å²) in [6, 6.07) is 1.94. The van der Waals surface area contributed by atoms with Crippen LogP contribution in [0.25, 0.3) is 0 Å². The molecule has 2 heterocycles. The van der Waals surface area contributed by atoms with Crippen LogP contribution in [-0.4, -0.2) is 42.3 Å². The zero-order chi connectivity index (χ0) is 12.8. The van der Waals surface area contributed by atoms with Crippen molar-refractivity contribution in [3.63, 3.8) is 0 Å². The SMILES string of the molecule is COC1(CNc2cnc(C#N)cn2)CCNCC1. The number of hydrogen-bond acceptors (Lipinski definition) is 6. The highest BCUT2D eigenvalue weighted by Crippen LogP contribution is 2.22. The van der Waals surface area contributed by atoms with Gasteiger partial charge in [0.15, 0.2) is 5.69 Å². The minimum Gasteiger partial charge on any atom is -0.376 e. The second-order valence-electron chi connectivity index (χ2n) is 4.39. The number of ether oxygens (including phenoxy) is 1. The van der Waals surface area contributed by atoms with E-state index in [1.54, 1.807) is 13.3 Å². The van der Waals surface area contributed by atoms with Crippen molar-refractivity contribution in [3.05, 3.63) is 18.1 Å². The Morgan fingerprint density at radius 3 is 2.78 bits per heavy atom. The fraction of sp³-hybridized carbons (Fsp3) is 0.583. The first kappa shape index (κ1) is 12.7. The third-order valence-corrected chi connectivity index (χ3v) is 3.31. The average molecular weight is 247 g/mol. The molecule has 1 saturated heterocycles. The summed E-state index contributed by atoms with van der Waals surface area (Å²) in [4.78, 5) is 8.10. The van der Waals surface area contributed by atoms with Crippen LogP contribution in [0.15, 0.2) is 12.4 Å². The molecule has 6 heteroatoms. The lowest BCUT2D eigenvalue weighted by Crippen LogP contribution is -2.48. The maximum absolute atomic E-state index is 8.64. The number of piperidine rings is 1. The van der Waals surface area contributed by atoms with E-state index < -0.39 is 0 Å². The highest BCUT2D eigenvalue weighted by molar-refractivity contribution is 5.33. The van der Waals surface area contributed by atoms with Gasteiger partial charge in [-0.15, -0.1) is 0 Å². The summed E-state index contributed by atoms with van der Waals surface area (Å²) in [6.45, 7) is 2.63. The molecule has 1 aromatic heterocycles. The van der Waals surface area contributed by atoms with Gasteiger partial charge in [-0.05, 0) is 25.9 Å². The predicted molar refractivity (Wildman–Crippen MR) is 67.1 cm³/mol. The Hall–Kier alpha value is -1.71. The van der Waals surface area contributed by atoms with Gasteiger partial charge >= 0.3 is 0 Å². The molecule has 0 amide bonds. The second kappa shape index (κ2) is 5.76. The smallest absolute Gasteiger partial charge is 0.158 e. The summed E-state index contributed by atoms with van der Waals surface area (Å²) < 4.78 is 5.64. The first-order valence-electron chi connectivity index (χ1n) is 6.00. The van der Waals surface area contributed by atoms with Crippen LogP contribution in [-0.2, 0) is 4.74 Å². The lowest BCUT2D eigenvalue weighted by molar-refractivity contribution is -0.0226. The highest BCUT2D eigenvalue weighted by atomic mass is 16.5. The van der Waals surface area contributed by atoms with E-state index in [4.69, 9.17) is 10.00 Å². The maximum Gasteiger partial charge on any atom is 0.158 e. The van der Waals surface area contributed by atoms with Gasteiger partial charge in [0.1, 0.15) is 11.9 Å². The number of aromatic nitrogens is 2. The lowest BCUT2D eigenvalue weighted by Gasteiger charge is -2.36. The van der Waals surface area contributed by atoms with Crippen LogP contribution in [0.1, 0.15) is 18.5 Å². The van der Waals surface area contributed by atoms with E-state index in [9.17, 15) is 0 Å². The number of rotatable bonds is 4. The van der Waals surface area contributed by atoms with E-state index in [2.05, 4.69) is 20.6 Å². The summed E-state index contributed by atoms with van der Waals surface area (Å²) in [5, 5.41) is 15.2. The number of methoxy groups -OCH3 is 1. The molecule has 96 valence electrons. The normalized spacial score (nSPS) is 18.0. The van der Waals surface area contributed by atoms with Gasteiger partial charge in [-0.2, -0.15) is 5.26 Å². The van der Waals surface area contributed by atoms with E-state index in [0.717, 1.165) is 25.9 Å². The standard InChI is InChI=1S/C12H17N5O/c1-18-12(2-4-14-5-3-12)9-17-11-8-15-10(6-13)7-16-11/h7-8,14H,2-5,9H2,1H3,(H,16,17). The van der Waals surface area contributed by atoms with Crippen molar-refractivity contribution in [2.24, 2.45) is 0 Å². The number of anilines is 1. The molecule has 1 aromatic rings. The largest absolute Gasteiger partial charge is 0.376 e. The molecule has 6 nitrogen and oxygen atoms in total. The number of nitriles is 1. The van der Waals surface area contributed by atoms with Crippen LogP contribution in [0.5, 0.6) is 0 Å². The third-order valence-electron chi connectivity index (χ3n) is 3.31. The molecule has 0 saturated carbocycles. The van der Waals surface area contributed by atoms with Crippen molar-refractivity contribution in [2.75, 3.05) is 32.1 Å². The summed E-state index contributed by atoms with van der Waals surface area (Å²) in [6.07, 6.45) is 4.98. The Kier molecular flexibility index (Phi) is 4.07. The first-order chi connectivity index (χ1) is 8.78.